The molecule has 1 N–H and O–H groups in total. The van der Waals surface area contributed by atoms with Gasteiger partial charge in [-0.15, -0.1) is 0 Å². The SMILES string of the molecule is CCCNC(c1cnn(CC)c1)c1ccc(CC)o1. The maximum Gasteiger partial charge on any atom is 0.125 e. The number of nitrogens with zero attached hydrogens (tertiary/aromatic N) is 2. The van der Waals surface area contributed by atoms with Gasteiger partial charge in [0.1, 0.15) is 11.5 Å². The Balaban J connectivity index is 2.23. The van der Waals surface area contributed by atoms with Gasteiger partial charge in [0.2, 0.25) is 0 Å². The van der Waals surface area contributed by atoms with Crippen LogP contribution in [0.3, 0.4) is 0 Å². The van der Waals surface area contributed by atoms with Crippen LogP contribution in [0.2, 0.25) is 0 Å². The lowest BCUT2D eigenvalue weighted by Gasteiger charge is -2.14. The van der Waals surface area contributed by atoms with Crippen LogP contribution in [0.1, 0.15) is 50.3 Å². The summed E-state index contributed by atoms with van der Waals surface area (Å²) in [6, 6.07) is 4.22. The second-order valence-corrected chi connectivity index (χ2v) is 4.67. The average Bonchev–Trinajstić information content (AvgIpc) is 3.08. The third kappa shape index (κ3) is 3.26. The smallest absolute Gasteiger partial charge is 0.125 e. The van der Waals surface area contributed by atoms with Gasteiger partial charge in [-0.1, -0.05) is 13.8 Å². The van der Waals surface area contributed by atoms with Crippen molar-refractivity contribution in [2.45, 2.75) is 46.2 Å². The van der Waals surface area contributed by atoms with E-state index >= 15 is 0 Å². The fraction of sp³-hybridized carbons (Fsp3) is 0.533. The molecule has 19 heavy (non-hydrogen) atoms. The first-order valence-corrected chi connectivity index (χ1v) is 7.12. The van der Waals surface area contributed by atoms with Gasteiger partial charge in [-0.05, 0) is 32.0 Å². The van der Waals surface area contributed by atoms with Gasteiger partial charge in [0, 0.05) is 24.7 Å². The number of hydrogen-bond acceptors (Lipinski definition) is 3. The molecule has 0 amide bonds. The van der Waals surface area contributed by atoms with Crippen molar-refractivity contribution in [3.8, 4) is 0 Å². The predicted octanol–water partition coefficient (Wildman–Crippen LogP) is 3.15. The summed E-state index contributed by atoms with van der Waals surface area (Å²) in [4.78, 5) is 0. The van der Waals surface area contributed by atoms with E-state index < -0.39 is 0 Å². The van der Waals surface area contributed by atoms with Crippen molar-refractivity contribution in [1.29, 1.82) is 0 Å². The number of hydrogen-bond donors (Lipinski definition) is 1. The largest absolute Gasteiger partial charge is 0.464 e. The molecule has 2 aromatic rings. The Bertz CT molecular complexity index is 459. The van der Waals surface area contributed by atoms with E-state index in [2.05, 4.69) is 49.5 Å². The molecule has 0 aliphatic heterocycles. The molecule has 2 heterocycles. The van der Waals surface area contributed by atoms with Crippen molar-refractivity contribution >= 4 is 0 Å². The lowest BCUT2D eigenvalue weighted by atomic mass is 10.1. The zero-order chi connectivity index (χ0) is 13.7. The molecule has 2 aromatic heterocycles. The summed E-state index contributed by atoms with van der Waals surface area (Å²) < 4.78 is 7.83. The highest BCUT2D eigenvalue weighted by atomic mass is 16.3. The molecule has 0 saturated heterocycles. The fourth-order valence-corrected chi connectivity index (χ4v) is 2.11. The zero-order valence-electron chi connectivity index (χ0n) is 12.0. The van der Waals surface area contributed by atoms with Gasteiger partial charge in [0.25, 0.3) is 0 Å². The Labute approximate surface area is 114 Å². The van der Waals surface area contributed by atoms with E-state index in [9.17, 15) is 0 Å². The number of nitrogens with one attached hydrogen (secondary N) is 1. The van der Waals surface area contributed by atoms with Gasteiger partial charge in [0.05, 0.1) is 12.2 Å². The molecule has 104 valence electrons. The van der Waals surface area contributed by atoms with Crippen molar-refractivity contribution < 1.29 is 4.42 Å². The number of rotatable bonds is 7. The molecule has 0 aromatic carbocycles. The molecule has 0 fully saturated rings. The predicted molar refractivity (Wildman–Crippen MR) is 76.1 cm³/mol. The van der Waals surface area contributed by atoms with E-state index in [1.807, 2.05) is 10.9 Å². The number of aryl methyl sites for hydroxylation is 2. The summed E-state index contributed by atoms with van der Waals surface area (Å²) in [7, 11) is 0. The third-order valence-corrected chi connectivity index (χ3v) is 3.22. The van der Waals surface area contributed by atoms with Crippen molar-refractivity contribution in [2.75, 3.05) is 6.54 Å². The maximum absolute atomic E-state index is 5.89. The minimum absolute atomic E-state index is 0.0977. The molecule has 0 spiro atoms. The van der Waals surface area contributed by atoms with Crippen molar-refractivity contribution in [2.24, 2.45) is 0 Å². The molecule has 0 radical (unpaired) electrons. The topological polar surface area (TPSA) is 43.0 Å². The van der Waals surface area contributed by atoms with Crippen LogP contribution in [0.5, 0.6) is 0 Å². The minimum Gasteiger partial charge on any atom is -0.464 e. The van der Waals surface area contributed by atoms with Gasteiger partial charge < -0.3 is 9.73 Å². The second kappa shape index (κ2) is 6.57. The highest BCUT2D eigenvalue weighted by Gasteiger charge is 2.18. The summed E-state index contributed by atoms with van der Waals surface area (Å²) in [6.07, 6.45) is 6.03. The first-order chi connectivity index (χ1) is 9.28. The van der Waals surface area contributed by atoms with Crippen LogP contribution >= 0.6 is 0 Å². The zero-order valence-corrected chi connectivity index (χ0v) is 12.0. The highest BCUT2D eigenvalue weighted by molar-refractivity contribution is 5.23. The lowest BCUT2D eigenvalue weighted by molar-refractivity contribution is 0.421. The van der Waals surface area contributed by atoms with E-state index in [4.69, 9.17) is 4.42 Å². The molecule has 0 aliphatic carbocycles. The fourth-order valence-electron chi connectivity index (χ4n) is 2.11. The Hall–Kier alpha value is -1.55. The normalized spacial score (nSPS) is 12.8. The van der Waals surface area contributed by atoms with Crippen LogP contribution in [-0.2, 0) is 13.0 Å². The molecule has 0 bridgehead atoms. The molecule has 0 saturated carbocycles. The number of aromatic nitrogens is 2. The van der Waals surface area contributed by atoms with Gasteiger partial charge in [-0.2, -0.15) is 5.10 Å². The summed E-state index contributed by atoms with van der Waals surface area (Å²) in [5.41, 5.74) is 1.16. The van der Waals surface area contributed by atoms with E-state index in [-0.39, 0.29) is 6.04 Å². The number of furan rings is 1. The maximum atomic E-state index is 5.89. The van der Waals surface area contributed by atoms with Gasteiger partial charge in [-0.3, -0.25) is 4.68 Å². The first-order valence-electron chi connectivity index (χ1n) is 7.12. The van der Waals surface area contributed by atoms with Crippen LogP contribution in [0.25, 0.3) is 0 Å². The highest BCUT2D eigenvalue weighted by Crippen LogP contribution is 2.24. The quantitative estimate of drug-likeness (QED) is 0.832. The van der Waals surface area contributed by atoms with Crippen LogP contribution in [0, 0.1) is 0 Å². The summed E-state index contributed by atoms with van der Waals surface area (Å²) in [5.74, 6) is 2.00. The molecular weight excluding hydrogens is 238 g/mol. The van der Waals surface area contributed by atoms with Crippen LogP contribution in [0.15, 0.2) is 28.9 Å². The standard InChI is InChI=1S/C15H23N3O/c1-4-9-16-15(12-10-17-18(6-3)11-12)14-8-7-13(5-2)19-14/h7-8,10-11,15-16H,4-6,9H2,1-3H3. The third-order valence-electron chi connectivity index (χ3n) is 3.22. The Morgan fingerprint density at radius 2 is 2.16 bits per heavy atom. The summed E-state index contributed by atoms with van der Waals surface area (Å²) in [6.45, 7) is 8.21. The van der Waals surface area contributed by atoms with Gasteiger partial charge in [-0.25, -0.2) is 0 Å². The van der Waals surface area contributed by atoms with E-state index in [1.165, 1.54) is 0 Å². The van der Waals surface area contributed by atoms with Crippen molar-refractivity contribution in [1.82, 2.24) is 15.1 Å². The first kappa shape index (κ1) is 13.9. The minimum atomic E-state index is 0.0977. The Morgan fingerprint density at radius 1 is 1.32 bits per heavy atom. The molecule has 1 atom stereocenters. The lowest BCUT2D eigenvalue weighted by Crippen LogP contribution is -2.22. The van der Waals surface area contributed by atoms with E-state index in [0.29, 0.717) is 0 Å². The Morgan fingerprint density at radius 3 is 2.74 bits per heavy atom. The molecule has 4 nitrogen and oxygen atoms in total. The van der Waals surface area contributed by atoms with E-state index in [0.717, 1.165) is 43.0 Å². The molecule has 2 rings (SSSR count). The Kier molecular flexibility index (Phi) is 4.80. The van der Waals surface area contributed by atoms with Crippen LogP contribution in [-0.4, -0.2) is 16.3 Å². The average molecular weight is 261 g/mol. The van der Waals surface area contributed by atoms with Crippen LogP contribution < -0.4 is 5.32 Å². The molecule has 1 unspecified atom stereocenters. The molecular formula is C15H23N3O. The van der Waals surface area contributed by atoms with Crippen molar-refractivity contribution in [3.05, 3.63) is 41.6 Å². The van der Waals surface area contributed by atoms with Crippen LogP contribution in [0.4, 0.5) is 0 Å². The van der Waals surface area contributed by atoms with E-state index in [1.54, 1.807) is 0 Å². The van der Waals surface area contributed by atoms with Gasteiger partial charge in [0.15, 0.2) is 0 Å². The second-order valence-electron chi connectivity index (χ2n) is 4.67. The summed E-state index contributed by atoms with van der Waals surface area (Å²) >= 11 is 0. The molecule has 4 heteroatoms. The summed E-state index contributed by atoms with van der Waals surface area (Å²) in [5, 5.41) is 7.88. The molecule has 0 aliphatic rings. The monoisotopic (exact) mass is 261 g/mol. The van der Waals surface area contributed by atoms with Crippen molar-refractivity contribution in [3.63, 3.8) is 0 Å². The van der Waals surface area contributed by atoms with Gasteiger partial charge >= 0.3 is 0 Å².